The average molecular weight is 653 g/mol. The second kappa shape index (κ2) is 12.0. The van der Waals surface area contributed by atoms with Gasteiger partial charge in [-0.1, -0.05) is 30.3 Å². The van der Waals surface area contributed by atoms with E-state index in [0.717, 1.165) is 11.6 Å². The first-order chi connectivity index (χ1) is 20.8. The van der Waals surface area contributed by atoms with E-state index in [-0.39, 0.29) is 5.75 Å². The van der Waals surface area contributed by atoms with Crippen LogP contribution in [-0.2, 0) is 24.3 Å². The number of halogens is 3. The Kier molecular flexibility index (Phi) is 8.79. The summed E-state index contributed by atoms with van der Waals surface area (Å²) < 4.78 is 89.0. The van der Waals surface area contributed by atoms with Crippen molar-refractivity contribution >= 4 is 28.0 Å². The van der Waals surface area contributed by atoms with Crippen molar-refractivity contribution in [2.24, 2.45) is 0 Å². The number of carbonyl (C=O) groups excluding carboxylic acids is 3. The van der Waals surface area contributed by atoms with E-state index in [0.29, 0.717) is 29.0 Å². The highest BCUT2D eigenvalue weighted by molar-refractivity contribution is 7.88. The molecule has 0 fully saturated rings. The highest BCUT2D eigenvalue weighted by Crippen LogP contribution is 2.39. The van der Waals surface area contributed by atoms with Crippen LogP contribution >= 0.6 is 0 Å². The smallest absolute Gasteiger partial charge is 0.462 e. The molecule has 3 aromatic rings. The molecular formula is C30H27F3O11S. The highest BCUT2D eigenvalue weighted by Gasteiger charge is 2.49. The Labute approximate surface area is 255 Å². The van der Waals surface area contributed by atoms with Gasteiger partial charge in [0, 0.05) is 27.7 Å². The van der Waals surface area contributed by atoms with Gasteiger partial charge in [0.1, 0.15) is 22.6 Å². The molecule has 3 aromatic carbocycles. The third-order valence-corrected chi connectivity index (χ3v) is 6.94. The van der Waals surface area contributed by atoms with Crippen molar-refractivity contribution in [3.05, 3.63) is 77.4 Å². The SMILES string of the molecule is CC1(C)OC(=O)c2c(cccc2OS(=O)(=O)C(F)(F)F)O1.CCOC(=O)c1cccc(-c2cccc3c2C(=O)OC(C)(C)O3)c1. The molecule has 0 unspecified atom stereocenters. The van der Waals surface area contributed by atoms with Crippen LogP contribution in [0.25, 0.3) is 11.1 Å². The number of fused-ring (bicyclic) bond motifs is 2. The van der Waals surface area contributed by atoms with Crippen molar-refractivity contribution in [3.63, 3.8) is 0 Å². The molecule has 0 aromatic heterocycles. The van der Waals surface area contributed by atoms with Crippen molar-refractivity contribution in [1.29, 1.82) is 0 Å². The number of hydrogen-bond acceptors (Lipinski definition) is 11. The predicted octanol–water partition coefficient (Wildman–Crippen LogP) is 6.02. The summed E-state index contributed by atoms with van der Waals surface area (Å²) in [5, 5.41) is 0. The molecule has 0 bridgehead atoms. The molecule has 0 aliphatic carbocycles. The van der Waals surface area contributed by atoms with Gasteiger partial charge in [-0.15, -0.1) is 0 Å². The minimum absolute atomic E-state index is 0.133. The monoisotopic (exact) mass is 652 g/mol. The summed E-state index contributed by atoms with van der Waals surface area (Å²) in [5.41, 5.74) is -3.98. The van der Waals surface area contributed by atoms with Crippen molar-refractivity contribution in [2.75, 3.05) is 6.61 Å². The number of ether oxygens (including phenoxy) is 5. The summed E-state index contributed by atoms with van der Waals surface area (Å²) in [5.74, 6) is -4.70. The third-order valence-electron chi connectivity index (χ3n) is 5.98. The summed E-state index contributed by atoms with van der Waals surface area (Å²) in [6, 6.07) is 15.6. The van der Waals surface area contributed by atoms with E-state index in [4.69, 9.17) is 23.7 Å². The van der Waals surface area contributed by atoms with Crippen LogP contribution < -0.4 is 13.7 Å². The van der Waals surface area contributed by atoms with Crippen LogP contribution in [0.1, 0.15) is 65.7 Å². The maximum absolute atomic E-state index is 12.4. The van der Waals surface area contributed by atoms with E-state index in [1.165, 1.54) is 26.0 Å². The van der Waals surface area contributed by atoms with Gasteiger partial charge in [0.25, 0.3) is 0 Å². The first kappa shape index (κ1) is 33.1. The van der Waals surface area contributed by atoms with Crippen molar-refractivity contribution in [2.45, 2.75) is 51.7 Å². The number of benzene rings is 3. The predicted molar refractivity (Wildman–Crippen MR) is 150 cm³/mol. The molecule has 0 amide bonds. The van der Waals surface area contributed by atoms with Crippen LogP contribution in [0.5, 0.6) is 17.2 Å². The van der Waals surface area contributed by atoms with E-state index in [1.807, 2.05) is 6.07 Å². The fourth-order valence-corrected chi connectivity index (χ4v) is 4.72. The van der Waals surface area contributed by atoms with Gasteiger partial charge >= 0.3 is 33.5 Å². The summed E-state index contributed by atoms with van der Waals surface area (Å²) in [6.45, 7) is 8.24. The molecule has 15 heteroatoms. The fourth-order valence-electron chi connectivity index (χ4n) is 4.25. The molecule has 5 rings (SSSR count). The van der Waals surface area contributed by atoms with Gasteiger partial charge in [0.05, 0.1) is 12.2 Å². The molecule has 0 atom stereocenters. The first-order valence-electron chi connectivity index (χ1n) is 13.2. The number of hydrogen-bond donors (Lipinski definition) is 0. The quantitative estimate of drug-likeness (QED) is 0.138. The van der Waals surface area contributed by atoms with E-state index in [9.17, 15) is 36.0 Å². The lowest BCUT2D eigenvalue weighted by Crippen LogP contribution is -2.39. The summed E-state index contributed by atoms with van der Waals surface area (Å²) in [6.07, 6.45) is 0. The molecule has 11 nitrogen and oxygen atoms in total. The minimum atomic E-state index is -5.90. The van der Waals surface area contributed by atoms with E-state index in [2.05, 4.69) is 4.18 Å². The molecule has 0 spiro atoms. The second-order valence-corrected chi connectivity index (χ2v) is 11.9. The van der Waals surface area contributed by atoms with Crippen molar-refractivity contribution < 1.29 is 63.8 Å². The van der Waals surface area contributed by atoms with E-state index in [1.54, 1.807) is 57.2 Å². The Bertz CT molecular complexity index is 1760. The standard InChI is InChI=1S/C19H18O5.C11H9F3O6S/c1-4-22-17(20)13-8-5-7-12(11-13)14-9-6-10-15-16(14)18(21)24-19(2,3)23-15;1-10(2)18-6-4-3-5-7(8(6)9(15)19-10)20-21(16,17)11(12,13)14/h5-11H,4H2,1-3H3;3-5H,1-2H3. The number of alkyl halides is 3. The van der Waals surface area contributed by atoms with Crippen LogP contribution in [0.4, 0.5) is 13.2 Å². The minimum Gasteiger partial charge on any atom is -0.462 e. The first-order valence-corrected chi connectivity index (χ1v) is 14.6. The van der Waals surface area contributed by atoms with Gasteiger partial charge < -0.3 is 27.9 Å². The average Bonchev–Trinajstić information content (AvgIpc) is 2.91. The molecule has 2 heterocycles. The zero-order chi connectivity index (χ0) is 33.4. The van der Waals surface area contributed by atoms with Crippen LogP contribution in [-0.4, -0.2) is 50.0 Å². The van der Waals surface area contributed by atoms with Crippen LogP contribution in [0, 0.1) is 0 Å². The number of rotatable bonds is 5. The number of esters is 3. The van der Waals surface area contributed by atoms with Crippen LogP contribution in [0.3, 0.4) is 0 Å². The molecule has 0 saturated carbocycles. The highest BCUT2D eigenvalue weighted by atomic mass is 32.2. The van der Waals surface area contributed by atoms with Gasteiger partial charge in [-0.25, -0.2) is 14.4 Å². The van der Waals surface area contributed by atoms with Crippen molar-refractivity contribution in [1.82, 2.24) is 0 Å². The Balaban J connectivity index is 0.000000207. The summed E-state index contributed by atoms with van der Waals surface area (Å²) >= 11 is 0. The molecule has 45 heavy (non-hydrogen) atoms. The lowest BCUT2D eigenvalue weighted by molar-refractivity contribution is -0.128. The second-order valence-electron chi connectivity index (χ2n) is 10.4. The maximum atomic E-state index is 12.4. The molecular weight excluding hydrogens is 625 g/mol. The zero-order valence-corrected chi connectivity index (χ0v) is 25.3. The fraction of sp³-hybridized carbons (Fsp3) is 0.300. The molecule has 2 aliphatic rings. The van der Waals surface area contributed by atoms with E-state index < -0.39 is 56.4 Å². The van der Waals surface area contributed by atoms with Gasteiger partial charge in [0.2, 0.25) is 11.6 Å². The van der Waals surface area contributed by atoms with Gasteiger partial charge in [-0.2, -0.15) is 21.6 Å². The third kappa shape index (κ3) is 7.30. The Morgan fingerprint density at radius 2 is 1.33 bits per heavy atom. The molecule has 0 N–H and O–H groups in total. The summed E-state index contributed by atoms with van der Waals surface area (Å²) in [4.78, 5) is 36.1. The molecule has 0 radical (unpaired) electrons. The Morgan fingerprint density at radius 1 is 0.800 bits per heavy atom. The largest absolute Gasteiger partial charge is 0.534 e. The number of carbonyl (C=O) groups is 3. The lowest BCUT2D eigenvalue weighted by atomic mass is 9.96. The Morgan fingerprint density at radius 3 is 1.91 bits per heavy atom. The topological polar surface area (TPSA) is 141 Å². The maximum Gasteiger partial charge on any atom is 0.534 e. The van der Waals surface area contributed by atoms with Gasteiger partial charge in [-0.3, -0.25) is 0 Å². The lowest BCUT2D eigenvalue weighted by Gasteiger charge is -2.32. The molecule has 0 saturated heterocycles. The summed E-state index contributed by atoms with van der Waals surface area (Å²) in [7, 11) is -5.90. The molecule has 2 aliphatic heterocycles. The van der Waals surface area contributed by atoms with Gasteiger partial charge in [0.15, 0.2) is 5.75 Å². The van der Waals surface area contributed by atoms with Crippen LogP contribution in [0.2, 0.25) is 0 Å². The Hall–Kier alpha value is -4.79. The normalized spacial score (nSPS) is 16.2. The van der Waals surface area contributed by atoms with Crippen LogP contribution in [0.15, 0.2) is 60.7 Å². The zero-order valence-electron chi connectivity index (χ0n) is 24.5. The van der Waals surface area contributed by atoms with Gasteiger partial charge in [-0.05, 0) is 48.4 Å². The van der Waals surface area contributed by atoms with E-state index >= 15 is 0 Å². The van der Waals surface area contributed by atoms with Crippen molar-refractivity contribution in [3.8, 4) is 28.4 Å². The molecule has 240 valence electrons. The number of cyclic esters (lactones) is 2.